The second-order valence-electron chi connectivity index (χ2n) is 13.6. The molecule has 13 aromatic carbocycles. The highest BCUT2D eigenvalue weighted by Crippen LogP contribution is 2.60. The Morgan fingerprint density at radius 1 is 0.261 bits per heavy atom. The molecule has 0 aliphatic heterocycles. The van der Waals surface area contributed by atoms with E-state index < -0.39 is 0 Å². The molecule has 210 valence electrons. The molecule has 0 unspecified atom stereocenters. The monoisotopic (exact) mass is 580 g/mol. The first-order chi connectivity index (χ1) is 22.8. The van der Waals surface area contributed by atoms with Gasteiger partial charge in [-0.1, -0.05) is 72.8 Å². The Labute approximate surface area is 261 Å². The Morgan fingerprint density at radius 3 is 0.674 bits per heavy atom. The van der Waals surface area contributed by atoms with Crippen molar-refractivity contribution >= 4 is 141 Å². The molecule has 2 heteroatoms. The third-order valence-corrected chi connectivity index (χ3v) is 11.9. The Bertz CT molecular complexity index is 2980. The van der Waals surface area contributed by atoms with Crippen LogP contribution in [0.25, 0.3) is 129 Å². The number of hydrogen-bond donors (Lipinski definition) is 2. The molecule has 0 fully saturated rings. The number of anilines is 2. The Kier molecular flexibility index (Phi) is 3.45. The van der Waals surface area contributed by atoms with Crippen molar-refractivity contribution in [1.29, 1.82) is 0 Å². The van der Waals surface area contributed by atoms with Gasteiger partial charge in [-0.25, -0.2) is 0 Å². The van der Waals surface area contributed by atoms with Gasteiger partial charge in [0.25, 0.3) is 0 Å². The normalized spacial score (nSPS) is 13.4. The van der Waals surface area contributed by atoms with Crippen molar-refractivity contribution in [3.8, 4) is 0 Å². The zero-order valence-electron chi connectivity index (χ0n) is 25.2. The van der Waals surface area contributed by atoms with Crippen molar-refractivity contribution in [1.82, 2.24) is 0 Å². The van der Waals surface area contributed by atoms with Crippen LogP contribution in [0.1, 0.15) is 0 Å². The van der Waals surface area contributed by atoms with Crippen LogP contribution in [0.2, 0.25) is 0 Å². The molecule has 0 heterocycles. The Balaban J connectivity index is 1.59. The van der Waals surface area contributed by atoms with E-state index in [0.29, 0.717) is 0 Å². The molecule has 0 spiro atoms. The Hall–Kier alpha value is -5.86. The summed E-state index contributed by atoms with van der Waals surface area (Å²) in [5.74, 6) is 0. The van der Waals surface area contributed by atoms with Crippen LogP contribution >= 0.6 is 0 Å². The van der Waals surface area contributed by atoms with E-state index in [2.05, 4.69) is 108 Å². The molecule has 2 nitrogen and oxygen atoms in total. The summed E-state index contributed by atoms with van der Waals surface area (Å²) in [5.41, 5.74) is 2.32. The predicted molar refractivity (Wildman–Crippen MR) is 203 cm³/mol. The molecule has 0 saturated carbocycles. The van der Waals surface area contributed by atoms with Gasteiger partial charge in [0.05, 0.1) is 0 Å². The molecule has 2 N–H and O–H groups in total. The van der Waals surface area contributed by atoms with E-state index in [1.54, 1.807) is 0 Å². The average Bonchev–Trinajstić information content (AvgIpc) is 3.12. The summed E-state index contributed by atoms with van der Waals surface area (Å²) in [7, 11) is 4.09. The summed E-state index contributed by atoms with van der Waals surface area (Å²) < 4.78 is 0. The summed E-state index contributed by atoms with van der Waals surface area (Å²) >= 11 is 0. The lowest BCUT2D eigenvalue weighted by Crippen LogP contribution is -2.01. The van der Waals surface area contributed by atoms with Gasteiger partial charge in [-0.2, -0.15) is 0 Å². The van der Waals surface area contributed by atoms with Gasteiger partial charge in [0.2, 0.25) is 0 Å². The second-order valence-corrected chi connectivity index (χ2v) is 13.6. The molecule has 0 aliphatic rings. The van der Waals surface area contributed by atoms with E-state index in [9.17, 15) is 0 Å². The van der Waals surface area contributed by atoms with Crippen molar-refractivity contribution < 1.29 is 0 Å². The average molecular weight is 581 g/mol. The minimum Gasteiger partial charge on any atom is -0.388 e. The molecule has 13 rings (SSSR count). The first kappa shape index (κ1) is 22.6. The largest absolute Gasteiger partial charge is 0.388 e. The van der Waals surface area contributed by atoms with Crippen molar-refractivity contribution in [2.45, 2.75) is 0 Å². The number of fused-ring (bicyclic) bond motifs is 6. The van der Waals surface area contributed by atoms with Gasteiger partial charge in [-0.3, -0.25) is 0 Å². The smallest absolute Gasteiger partial charge is 0.0350 e. The van der Waals surface area contributed by atoms with Crippen molar-refractivity contribution in [3.05, 3.63) is 97.1 Å². The highest BCUT2D eigenvalue weighted by molar-refractivity contribution is 6.61. The molecule has 46 heavy (non-hydrogen) atoms. The lowest BCUT2D eigenvalue weighted by Gasteiger charge is -2.29. The molecule has 0 atom stereocenters. The summed E-state index contributed by atoms with van der Waals surface area (Å²) in [4.78, 5) is 0. The van der Waals surface area contributed by atoms with Gasteiger partial charge in [0, 0.05) is 25.5 Å². The fourth-order valence-electron chi connectivity index (χ4n) is 10.3. The van der Waals surface area contributed by atoms with Crippen LogP contribution in [0.5, 0.6) is 0 Å². The van der Waals surface area contributed by atoms with Gasteiger partial charge in [0.1, 0.15) is 0 Å². The van der Waals surface area contributed by atoms with E-state index in [0.717, 1.165) is 11.4 Å². The van der Waals surface area contributed by atoms with E-state index >= 15 is 0 Å². The molecule has 0 radical (unpaired) electrons. The van der Waals surface area contributed by atoms with Crippen LogP contribution in [0.3, 0.4) is 0 Å². The van der Waals surface area contributed by atoms with Gasteiger partial charge < -0.3 is 10.6 Å². The first-order valence-corrected chi connectivity index (χ1v) is 16.3. The summed E-state index contributed by atoms with van der Waals surface area (Å²) in [6, 6.07) is 37.6. The number of benzene rings is 13. The molecule has 13 aromatic rings. The topological polar surface area (TPSA) is 24.1 Å². The SMILES string of the molecule is CNc1cc2c3cccc4c5cccc6c7cc(NC)cc8c9cccc%10c%11cccc%12c(c1)c2c1c(c43)c(c56)c(c78)c(c%109)c1c%11%12. The first-order valence-electron chi connectivity index (χ1n) is 16.3. The number of nitrogens with one attached hydrogen (secondary N) is 2. The highest BCUT2D eigenvalue weighted by Gasteiger charge is 2.31. The summed E-state index contributed by atoms with van der Waals surface area (Å²) in [5, 5.41) is 40.3. The predicted octanol–water partition coefficient (Wildman–Crippen LogP) is 12.2. The maximum atomic E-state index is 3.52. The maximum Gasteiger partial charge on any atom is 0.0350 e. The number of hydrogen-bond acceptors (Lipinski definition) is 2. The highest BCUT2D eigenvalue weighted by atomic mass is 14.8. The zero-order chi connectivity index (χ0) is 29.7. The van der Waals surface area contributed by atoms with Gasteiger partial charge in [-0.15, -0.1) is 0 Å². The maximum absolute atomic E-state index is 3.52. The van der Waals surface area contributed by atoms with Crippen LogP contribution in [0.4, 0.5) is 11.4 Å². The lowest BCUT2D eigenvalue weighted by atomic mass is 9.73. The van der Waals surface area contributed by atoms with E-state index in [-0.39, 0.29) is 0 Å². The molecule has 0 aromatic heterocycles. The lowest BCUT2D eigenvalue weighted by molar-refractivity contribution is 1.55. The molecule has 0 saturated heterocycles. The van der Waals surface area contributed by atoms with Crippen molar-refractivity contribution in [2.75, 3.05) is 24.7 Å². The Morgan fingerprint density at radius 2 is 0.457 bits per heavy atom. The van der Waals surface area contributed by atoms with E-state index in [1.807, 2.05) is 14.1 Å². The molecular formula is C44H24N2. The van der Waals surface area contributed by atoms with Crippen LogP contribution in [-0.2, 0) is 0 Å². The fourth-order valence-corrected chi connectivity index (χ4v) is 10.3. The quantitative estimate of drug-likeness (QED) is 0.157. The summed E-state index contributed by atoms with van der Waals surface area (Å²) in [6.07, 6.45) is 0. The molecular weight excluding hydrogens is 556 g/mol. The minimum absolute atomic E-state index is 1.16. The standard InChI is InChI=1S/C44H24N2/c1-45-19-15-29-25-11-3-7-21-23-9-5-13-27-31-17-20(46-2)18-32-28-14-6-10-24-22-8-4-12-26-30(16-19)37(29)43-39(33(21)25)41(35(23)27)44(38(31)32)42(36(24)28)40(43)34(22)26/h3-18,45-46H,1-2H3. The molecule has 0 amide bonds. The summed E-state index contributed by atoms with van der Waals surface area (Å²) in [6.45, 7) is 0. The fraction of sp³-hybridized carbons (Fsp3) is 0.0455. The van der Waals surface area contributed by atoms with Crippen molar-refractivity contribution in [2.24, 2.45) is 0 Å². The van der Waals surface area contributed by atoms with Gasteiger partial charge in [-0.05, 0) is 154 Å². The van der Waals surface area contributed by atoms with Crippen LogP contribution in [0.15, 0.2) is 97.1 Å². The molecule has 0 bridgehead atoms. The van der Waals surface area contributed by atoms with E-state index in [4.69, 9.17) is 0 Å². The van der Waals surface area contributed by atoms with Gasteiger partial charge in [0.15, 0.2) is 0 Å². The minimum atomic E-state index is 1.16. The third kappa shape index (κ3) is 2.10. The molecule has 0 aliphatic carbocycles. The zero-order valence-corrected chi connectivity index (χ0v) is 25.2. The van der Waals surface area contributed by atoms with Crippen LogP contribution in [-0.4, -0.2) is 14.1 Å². The van der Waals surface area contributed by atoms with Gasteiger partial charge >= 0.3 is 0 Å². The third-order valence-electron chi connectivity index (χ3n) is 11.9. The number of rotatable bonds is 2. The van der Waals surface area contributed by atoms with Crippen LogP contribution < -0.4 is 10.6 Å². The second kappa shape index (κ2) is 7.01. The van der Waals surface area contributed by atoms with E-state index in [1.165, 1.54) is 129 Å². The van der Waals surface area contributed by atoms with Crippen LogP contribution in [0, 0.1) is 0 Å². The van der Waals surface area contributed by atoms with Crippen molar-refractivity contribution in [3.63, 3.8) is 0 Å².